The first-order valence-electron chi connectivity index (χ1n) is 6.06. The summed E-state index contributed by atoms with van der Waals surface area (Å²) in [5.41, 5.74) is 0. The Hall–Kier alpha value is -1.26. The maximum absolute atomic E-state index is 9.99. The second-order valence-corrected chi connectivity index (χ2v) is 4.46. The van der Waals surface area contributed by atoms with Crippen LogP contribution in [0.1, 0.15) is 12.8 Å². The minimum atomic E-state index is -0.411. The van der Waals surface area contributed by atoms with Crippen molar-refractivity contribution in [2.75, 3.05) is 19.7 Å². The summed E-state index contributed by atoms with van der Waals surface area (Å²) in [5, 5.41) is 22.4. The van der Waals surface area contributed by atoms with Crippen LogP contribution < -0.4 is 10.1 Å². The zero-order chi connectivity index (χ0) is 12.1. The molecule has 1 aliphatic heterocycles. The topological polar surface area (TPSA) is 61.7 Å². The summed E-state index contributed by atoms with van der Waals surface area (Å²) < 4.78 is 5.49. The molecule has 1 aromatic rings. The van der Waals surface area contributed by atoms with Gasteiger partial charge in [0, 0.05) is 0 Å². The highest BCUT2D eigenvalue weighted by molar-refractivity contribution is 5.30. The first kappa shape index (κ1) is 12.2. The Labute approximate surface area is 101 Å². The fraction of sp³-hybridized carbons (Fsp3) is 0.538. The van der Waals surface area contributed by atoms with Crippen LogP contribution in [0.4, 0.5) is 0 Å². The molecule has 1 unspecified atom stereocenters. The van der Waals surface area contributed by atoms with Gasteiger partial charge in [-0.2, -0.15) is 0 Å². The molecule has 0 bridgehead atoms. The monoisotopic (exact) mass is 237 g/mol. The molecule has 3 N–H and O–H groups in total. The third-order valence-electron chi connectivity index (χ3n) is 3.19. The largest absolute Gasteiger partial charge is 0.508 e. The molecule has 1 fully saturated rings. The number of ether oxygens (including phenoxy) is 1. The summed E-state index contributed by atoms with van der Waals surface area (Å²) in [5.74, 6) is 1.22. The highest BCUT2D eigenvalue weighted by Crippen LogP contribution is 2.19. The van der Waals surface area contributed by atoms with Gasteiger partial charge in [0.25, 0.3) is 0 Å². The van der Waals surface area contributed by atoms with E-state index in [0.29, 0.717) is 18.3 Å². The number of phenols is 1. The van der Waals surface area contributed by atoms with Gasteiger partial charge in [-0.05, 0) is 56.1 Å². The lowest BCUT2D eigenvalue weighted by Gasteiger charge is -2.27. The van der Waals surface area contributed by atoms with Crippen LogP contribution >= 0.6 is 0 Å². The molecule has 4 nitrogen and oxygen atoms in total. The van der Waals surface area contributed by atoms with Gasteiger partial charge in [-0.3, -0.25) is 0 Å². The van der Waals surface area contributed by atoms with Crippen LogP contribution in [0.25, 0.3) is 0 Å². The van der Waals surface area contributed by atoms with Crippen molar-refractivity contribution in [2.24, 2.45) is 5.92 Å². The molecule has 1 aromatic carbocycles. The normalized spacial score (nSPS) is 18.9. The Kier molecular flexibility index (Phi) is 4.23. The molecule has 0 radical (unpaired) electrons. The van der Waals surface area contributed by atoms with Gasteiger partial charge in [0.05, 0.1) is 6.10 Å². The summed E-state index contributed by atoms with van der Waals surface area (Å²) in [6, 6.07) is 6.55. The summed E-state index contributed by atoms with van der Waals surface area (Å²) in [6.07, 6.45) is 1.59. The van der Waals surface area contributed by atoms with E-state index < -0.39 is 6.10 Å². The number of piperidine rings is 1. The number of nitrogens with one attached hydrogen (secondary N) is 1. The maximum Gasteiger partial charge on any atom is 0.119 e. The van der Waals surface area contributed by atoms with E-state index in [-0.39, 0.29) is 5.75 Å². The molecule has 0 aliphatic carbocycles. The Morgan fingerprint density at radius 1 is 1.24 bits per heavy atom. The molecule has 2 rings (SSSR count). The molecule has 0 amide bonds. The average Bonchev–Trinajstić information content (AvgIpc) is 2.39. The first-order chi connectivity index (χ1) is 8.25. The molecule has 0 aromatic heterocycles. The van der Waals surface area contributed by atoms with Gasteiger partial charge in [-0.25, -0.2) is 0 Å². The second-order valence-electron chi connectivity index (χ2n) is 4.46. The molecule has 17 heavy (non-hydrogen) atoms. The predicted molar refractivity (Wildman–Crippen MR) is 65.2 cm³/mol. The minimum Gasteiger partial charge on any atom is -0.508 e. The highest BCUT2D eigenvalue weighted by atomic mass is 16.5. The molecular formula is C13H19NO3. The van der Waals surface area contributed by atoms with Gasteiger partial charge in [0.2, 0.25) is 0 Å². The zero-order valence-corrected chi connectivity index (χ0v) is 9.80. The number of aliphatic hydroxyl groups excluding tert-OH is 1. The predicted octanol–water partition coefficient (Wildman–Crippen LogP) is 1.13. The second kappa shape index (κ2) is 5.89. The van der Waals surface area contributed by atoms with E-state index >= 15 is 0 Å². The van der Waals surface area contributed by atoms with Crippen LogP contribution in [-0.2, 0) is 0 Å². The number of rotatable bonds is 4. The van der Waals surface area contributed by atoms with Crippen molar-refractivity contribution in [3.63, 3.8) is 0 Å². The van der Waals surface area contributed by atoms with Crippen molar-refractivity contribution in [1.29, 1.82) is 0 Å². The fourth-order valence-corrected chi connectivity index (χ4v) is 2.09. The Morgan fingerprint density at radius 2 is 1.88 bits per heavy atom. The molecular weight excluding hydrogens is 218 g/mol. The molecule has 1 atom stereocenters. The van der Waals surface area contributed by atoms with Crippen LogP contribution in [0.15, 0.2) is 24.3 Å². The van der Waals surface area contributed by atoms with Crippen LogP contribution in [0.3, 0.4) is 0 Å². The highest BCUT2D eigenvalue weighted by Gasteiger charge is 2.21. The average molecular weight is 237 g/mol. The van der Waals surface area contributed by atoms with E-state index in [9.17, 15) is 5.11 Å². The van der Waals surface area contributed by atoms with Crippen molar-refractivity contribution in [3.8, 4) is 11.5 Å². The van der Waals surface area contributed by atoms with Gasteiger partial charge >= 0.3 is 0 Å². The first-order valence-corrected chi connectivity index (χ1v) is 6.06. The van der Waals surface area contributed by atoms with E-state index in [0.717, 1.165) is 25.9 Å². The van der Waals surface area contributed by atoms with Crippen molar-refractivity contribution in [3.05, 3.63) is 24.3 Å². The third-order valence-corrected chi connectivity index (χ3v) is 3.19. The molecule has 1 saturated heterocycles. The molecule has 1 aliphatic rings. The fourth-order valence-electron chi connectivity index (χ4n) is 2.09. The minimum absolute atomic E-state index is 0.219. The van der Waals surface area contributed by atoms with Crippen LogP contribution in [0.5, 0.6) is 11.5 Å². The standard InChI is InChI=1S/C13H19NO3/c15-11-1-3-12(4-2-11)17-9-13(16)10-5-7-14-8-6-10/h1-4,10,13-16H,5-9H2. The van der Waals surface area contributed by atoms with Gasteiger partial charge in [-0.1, -0.05) is 0 Å². The molecule has 1 heterocycles. The van der Waals surface area contributed by atoms with Gasteiger partial charge in [0.1, 0.15) is 18.1 Å². The number of hydrogen-bond donors (Lipinski definition) is 3. The summed E-state index contributed by atoms with van der Waals surface area (Å²) in [4.78, 5) is 0. The lowest BCUT2D eigenvalue weighted by atomic mass is 9.93. The SMILES string of the molecule is Oc1ccc(OCC(O)C2CCNCC2)cc1. The smallest absolute Gasteiger partial charge is 0.119 e. The van der Waals surface area contributed by atoms with E-state index in [1.54, 1.807) is 24.3 Å². The number of aromatic hydroxyl groups is 1. The summed E-state index contributed by atoms with van der Waals surface area (Å²) >= 11 is 0. The van der Waals surface area contributed by atoms with Gasteiger partial charge < -0.3 is 20.3 Å². The van der Waals surface area contributed by atoms with Gasteiger partial charge in [-0.15, -0.1) is 0 Å². The number of phenolic OH excluding ortho intramolecular Hbond substituents is 1. The Balaban J connectivity index is 1.78. The summed E-state index contributed by atoms with van der Waals surface area (Å²) in [6.45, 7) is 2.26. The van der Waals surface area contributed by atoms with Crippen molar-refractivity contribution in [1.82, 2.24) is 5.32 Å². The number of aliphatic hydroxyl groups is 1. The lowest BCUT2D eigenvalue weighted by Crippen LogP contribution is -2.36. The number of hydrogen-bond acceptors (Lipinski definition) is 4. The Morgan fingerprint density at radius 3 is 2.53 bits per heavy atom. The lowest BCUT2D eigenvalue weighted by molar-refractivity contribution is 0.0442. The van der Waals surface area contributed by atoms with Gasteiger partial charge in [0.15, 0.2) is 0 Å². The van der Waals surface area contributed by atoms with E-state index in [1.807, 2.05) is 0 Å². The third kappa shape index (κ3) is 3.61. The Bertz CT molecular complexity index is 333. The van der Waals surface area contributed by atoms with Crippen LogP contribution in [-0.4, -0.2) is 36.0 Å². The molecule has 0 saturated carbocycles. The van der Waals surface area contributed by atoms with Crippen molar-refractivity contribution < 1.29 is 14.9 Å². The van der Waals surface area contributed by atoms with Crippen molar-refractivity contribution >= 4 is 0 Å². The van der Waals surface area contributed by atoms with Crippen LogP contribution in [0.2, 0.25) is 0 Å². The molecule has 0 spiro atoms. The molecule has 4 heteroatoms. The van der Waals surface area contributed by atoms with E-state index in [4.69, 9.17) is 9.84 Å². The maximum atomic E-state index is 9.99. The quantitative estimate of drug-likeness (QED) is 0.734. The molecule has 94 valence electrons. The summed E-state index contributed by atoms with van der Waals surface area (Å²) in [7, 11) is 0. The number of benzene rings is 1. The van der Waals surface area contributed by atoms with Crippen molar-refractivity contribution in [2.45, 2.75) is 18.9 Å². The van der Waals surface area contributed by atoms with E-state index in [2.05, 4.69) is 5.32 Å². The zero-order valence-electron chi connectivity index (χ0n) is 9.80. The van der Waals surface area contributed by atoms with E-state index in [1.165, 1.54) is 0 Å². The van der Waals surface area contributed by atoms with Crippen LogP contribution in [0, 0.1) is 5.92 Å².